The minimum absolute atomic E-state index is 0.274. The number of ether oxygens (including phenoxy) is 1. The van der Waals surface area contributed by atoms with E-state index in [2.05, 4.69) is 65.8 Å². The molecule has 5 heteroatoms. The predicted molar refractivity (Wildman–Crippen MR) is 143 cm³/mol. The van der Waals surface area contributed by atoms with Gasteiger partial charge in [0.1, 0.15) is 5.60 Å². The number of carbonyl (C=O) groups excluding carboxylic acids is 1. The SMILES string of the molecule is CC(C)[Si](OC1=C[C@@H]2CC[C@H]1Cc1c2c2ccccc2n1C(=O)OC(C)(C)C)(C(C)C)C(C)C. The lowest BCUT2D eigenvalue weighted by atomic mass is 9.86. The second-order valence-electron chi connectivity index (χ2n) is 12.3. The number of hydrogen-bond acceptors (Lipinski definition) is 3. The van der Waals surface area contributed by atoms with E-state index in [0.717, 1.165) is 30.5 Å². The molecule has 0 saturated carbocycles. The maximum absolute atomic E-state index is 13.4. The predicted octanol–water partition coefficient (Wildman–Crippen LogP) is 8.55. The van der Waals surface area contributed by atoms with Crippen LogP contribution in [-0.2, 0) is 15.6 Å². The Hall–Kier alpha value is -2.01. The van der Waals surface area contributed by atoms with Crippen molar-refractivity contribution in [3.63, 3.8) is 0 Å². The monoisotopic (exact) mass is 481 g/mol. The lowest BCUT2D eigenvalue weighted by molar-refractivity contribution is 0.0539. The Balaban J connectivity index is 1.82. The Morgan fingerprint density at radius 2 is 1.62 bits per heavy atom. The molecule has 2 atom stereocenters. The number of hydrogen-bond donors (Lipinski definition) is 0. The molecule has 0 saturated heterocycles. The van der Waals surface area contributed by atoms with Gasteiger partial charge in [-0.05, 0) is 74.4 Å². The number of rotatable bonds is 5. The summed E-state index contributed by atoms with van der Waals surface area (Å²) in [5, 5.41) is 1.17. The highest BCUT2D eigenvalue weighted by Gasteiger charge is 2.49. The van der Waals surface area contributed by atoms with Crippen LogP contribution in [0.25, 0.3) is 10.9 Å². The summed E-state index contributed by atoms with van der Waals surface area (Å²) in [7, 11) is -2.05. The maximum Gasteiger partial charge on any atom is 0.419 e. The zero-order valence-electron chi connectivity index (χ0n) is 22.6. The normalized spacial score (nSPS) is 20.6. The third-order valence-electron chi connectivity index (χ3n) is 8.00. The number of aromatic nitrogens is 1. The molecule has 4 nitrogen and oxygen atoms in total. The molecule has 2 bridgehead atoms. The molecule has 0 N–H and O–H groups in total. The fourth-order valence-corrected chi connectivity index (χ4v) is 12.1. The van der Waals surface area contributed by atoms with Gasteiger partial charge in [-0.2, -0.15) is 0 Å². The molecule has 5 rings (SSSR count). The average molecular weight is 482 g/mol. The highest BCUT2D eigenvalue weighted by Crippen LogP contribution is 2.50. The van der Waals surface area contributed by atoms with Gasteiger partial charge >= 0.3 is 6.09 Å². The minimum Gasteiger partial charge on any atom is -0.546 e. The number of carbonyl (C=O) groups is 1. The molecule has 1 aromatic carbocycles. The average Bonchev–Trinajstić information content (AvgIpc) is 2.83. The first-order valence-corrected chi connectivity index (χ1v) is 15.3. The van der Waals surface area contributed by atoms with Gasteiger partial charge in [-0.1, -0.05) is 59.7 Å². The third kappa shape index (κ3) is 4.14. The molecule has 0 unspecified atom stereocenters. The van der Waals surface area contributed by atoms with E-state index in [1.807, 2.05) is 31.4 Å². The van der Waals surface area contributed by atoms with Gasteiger partial charge in [0.25, 0.3) is 8.32 Å². The highest BCUT2D eigenvalue weighted by molar-refractivity contribution is 6.77. The quantitative estimate of drug-likeness (QED) is 0.402. The summed E-state index contributed by atoms with van der Waals surface area (Å²) in [6.07, 6.45) is 5.17. The third-order valence-corrected chi connectivity index (χ3v) is 14.0. The van der Waals surface area contributed by atoms with Crippen LogP contribution in [0.4, 0.5) is 4.79 Å². The summed E-state index contributed by atoms with van der Waals surface area (Å²) in [6, 6.07) is 8.31. The fraction of sp³-hybridized carbons (Fsp3) is 0.621. The Morgan fingerprint density at radius 3 is 2.21 bits per heavy atom. The minimum atomic E-state index is -2.05. The molecule has 0 radical (unpaired) electrons. The fourth-order valence-electron chi connectivity index (χ4n) is 6.73. The Morgan fingerprint density at radius 1 is 1.00 bits per heavy atom. The molecule has 0 amide bonds. The molecular weight excluding hydrogens is 438 g/mol. The first-order valence-electron chi connectivity index (χ1n) is 13.1. The van der Waals surface area contributed by atoms with Crippen molar-refractivity contribution < 1.29 is 14.0 Å². The molecule has 34 heavy (non-hydrogen) atoms. The maximum atomic E-state index is 13.4. The first kappa shape index (κ1) is 25.1. The van der Waals surface area contributed by atoms with Crippen LogP contribution < -0.4 is 0 Å². The lowest BCUT2D eigenvalue weighted by Crippen LogP contribution is -2.48. The molecule has 1 aromatic heterocycles. The van der Waals surface area contributed by atoms with Crippen LogP contribution in [0.3, 0.4) is 0 Å². The summed E-state index contributed by atoms with van der Waals surface area (Å²) in [5.74, 6) is 1.77. The van der Waals surface area contributed by atoms with Crippen LogP contribution in [0, 0.1) is 5.92 Å². The van der Waals surface area contributed by atoms with Crippen molar-refractivity contribution in [1.29, 1.82) is 0 Å². The van der Waals surface area contributed by atoms with Gasteiger partial charge < -0.3 is 9.16 Å². The van der Waals surface area contributed by atoms with Crippen LogP contribution in [0.5, 0.6) is 0 Å². The number of para-hydroxylation sites is 1. The summed E-state index contributed by atoms with van der Waals surface area (Å²) in [5.41, 5.74) is 4.44. The van der Waals surface area contributed by atoms with Crippen LogP contribution in [0.1, 0.15) is 92.3 Å². The van der Waals surface area contributed by atoms with Crippen molar-refractivity contribution in [3.8, 4) is 0 Å². The summed E-state index contributed by atoms with van der Waals surface area (Å²) in [6.45, 7) is 19.9. The van der Waals surface area contributed by atoms with Gasteiger partial charge in [0, 0.05) is 22.9 Å². The van der Waals surface area contributed by atoms with E-state index in [9.17, 15) is 4.79 Å². The number of allylic oxidation sites excluding steroid dienone is 2. The van der Waals surface area contributed by atoms with Crippen LogP contribution >= 0.6 is 0 Å². The summed E-state index contributed by atoms with van der Waals surface area (Å²) < 4.78 is 15.0. The Labute approximate surface area is 206 Å². The largest absolute Gasteiger partial charge is 0.546 e. The molecule has 2 aromatic rings. The first-order chi connectivity index (χ1) is 15.9. The molecule has 1 heterocycles. The Bertz CT molecular complexity index is 1080. The van der Waals surface area contributed by atoms with Gasteiger partial charge in [0.2, 0.25) is 0 Å². The van der Waals surface area contributed by atoms with Gasteiger partial charge in [0.05, 0.1) is 11.3 Å². The zero-order chi connectivity index (χ0) is 25.0. The van der Waals surface area contributed by atoms with Crippen molar-refractivity contribution >= 4 is 25.3 Å². The van der Waals surface area contributed by atoms with Gasteiger partial charge in [0.15, 0.2) is 0 Å². The molecule has 0 fully saturated rings. The van der Waals surface area contributed by atoms with E-state index >= 15 is 0 Å². The van der Waals surface area contributed by atoms with E-state index in [0.29, 0.717) is 22.5 Å². The molecule has 0 spiro atoms. The van der Waals surface area contributed by atoms with Crippen LogP contribution in [0.2, 0.25) is 16.6 Å². The molecule has 3 aliphatic rings. The van der Waals surface area contributed by atoms with E-state index in [1.165, 1.54) is 16.7 Å². The standard InChI is InChI=1S/C29H43NO3Si/c1-18(2)34(19(3)4,20(5)6)33-26-17-22-15-14-21(26)16-25-27(22)23-12-10-11-13-24(23)30(25)28(31)32-29(7,8)9/h10-13,17-22H,14-16H2,1-9H3/t21-,22-/m0/s1. The van der Waals surface area contributed by atoms with E-state index in [-0.39, 0.29) is 12.0 Å². The molecular formula is C29H43NO3Si. The van der Waals surface area contributed by atoms with Crippen molar-refractivity contribution in [3.05, 3.63) is 47.4 Å². The number of nitrogens with zero attached hydrogens (tertiary/aromatic N) is 1. The molecule has 186 valence electrons. The number of benzene rings is 1. The van der Waals surface area contributed by atoms with Gasteiger partial charge in [-0.3, -0.25) is 0 Å². The molecule has 3 aliphatic carbocycles. The Kier molecular flexibility index (Phi) is 6.56. The highest BCUT2D eigenvalue weighted by atomic mass is 28.4. The summed E-state index contributed by atoms with van der Waals surface area (Å²) in [4.78, 5) is 13.4. The second-order valence-corrected chi connectivity index (χ2v) is 17.6. The van der Waals surface area contributed by atoms with Crippen molar-refractivity contribution in [2.24, 2.45) is 5.92 Å². The van der Waals surface area contributed by atoms with Crippen molar-refractivity contribution in [2.75, 3.05) is 0 Å². The van der Waals surface area contributed by atoms with Crippen molar-refractivity contribution in [1.82, 2.24) is 4.57 Å². The van der Waals surface area contributed by atoms with Crippen molar-refractivity contribution in [2.45, 2.75) is 110 Å². The number of fused-ring (bicyclic) bond motifs is 2. The summed E-state index contributed by atoms with van der Waals surface area (Å²) >= 11 is 0. The molecule has 0 aliphatic heterocycles. The second kappa shape index (κ2) is 8.89. The van der Waals surface area contributed by atoms with E-state index in [4.69, 9.17) is 9.16 Å². The van der Waals surface area contributed by atoms with E-state index in [1.54, 1.807) is 0 Å². The zero-order valence-corrected chi connectivity index (χ0v) is 23.6. The van der Waals surface area contributed by atoms with Crippen LogP contribution in [0.15, 0.2) is 36.1 Å². The van der Waals surface area contributed by atoms with Crippen LogP contribution in [-0.4, -0.2) is 24.6 Å². The van der Waals surface area contributed by atoms with Gasteiger partial charge in [-0.25, -0.2) is 9.36 Å². The van der Waals surface area contributed by atoms with Gasteiger partial charge in [-0.15, -0.1) is 0 Å². The smallest absolute Gasteiger partial charge is 0.419 e. The topological polar surface area (TPSA) is 40.5 Å². The van der Waals surface area contributed by atoms with E-state index < -0.39 is 13.9 Å². The lowest BCUT2D eigenvalue weighted by Gasteiger charge is -2.44.